The van der Waals surface area contributed by atoms with Crippen LogP contribution in [0.1, 0.15) is 5.56 Å². The molecule has 3 rings (SSSR count). The first-order valence-corrected chi connectivity index (χ1v) is 7.92. The molecule has 0 radical (unpaired) electrons. The van der Waals surface area contributed by atoms with Crippen molar-refractivity contribution in [1.82, 2.24) is 0 Å². The van der Waals surface area contributed by atoms with Crippen LogP contribution in [0.5, 0.6) is 11.5 Å². The molecule has 2 N–H and O–H groups in total. The molecule has 0 atom stereocenters. The van der Waals surface area contributed by atoms with Gasteiger partial charge < -0.3 is 14.3 Å². The molecule has 0 fully saturated rings. The van der Waals surface area contributed by atoms with E-state index in [0.29, 0.717) is 5.56 Å². The quantitative estimate of drug-likeness (QED) is 0.544. The molecule has 3 aromatic rings. The zero-order valence-corrected chi connectivity index (χ0v) is 13.0. The van der Waals surface area contributed by atoms with Crippen LogP contribution in [0.25, 0.3) is 21.9 Å². The molecule has 0 amide bonds. The number of aromatic hydroxyl groups is 1. The SMILES string of the molecule is COc1cc(O)c2c(=O)c3c(C)cc(S(=O)(=O)O)cc3oc2c1. The van der Waals surface area contributed by atoms with Crippen LogP contribution < -0.4 is 10.2 Å². The second-order valence-electron chi connectivity index (χ2n) is 5.04. The number of methoxy groups -OCH3 is 1. The van der Waals surface area contributed by atoms with Crippen LogP contribution in [0.4, 0.5) is 0 Å². The van der Waals surface area contributed by atoms with Crippen LogP contribution in [0.3, 0.4) is 0 Å². The number of hydrogen-bond donors (Lipinski definition) is 2. The van der Waals surface area contributed by atoms with E-state index in [1.807, 2.05) is 0 Å². The van der Waals surface area contributed by atoms with Crippen molar-refractivity contribution in [2.75, 3.05) is 7.11 Å². The zero-order chi connectivity index (χ0) is 16.9. The van der Waals surface area contributed by atoms with E-state index in [4.69, 9.17) is 9.15 Å². The molecule has 23 heavy (non-hydrogen) atoms. The Labute approximate surface area is 130 Å². The lowest BCUT2D eigenvalue weighted by molar-refractivity contribution is 0.408. The summed E-state index contributed by atoms with van der Waals surface area (Å²) in [6.07, 6.45) is 0. The summed E-state index contributed by atoms with van der Waals surface area (Å²) in [6, 6.07) is 4.92. The van der Waals surface area contributed by atoms with Gasteiger partial charge >= 0.3 is 0 Å². The standard InChI is InChI=1S/C15H12O7S/c1-7-3-9(23(18,19)20)6-12-13(7)15(17)14-10(16)4-8(21-2)5-11(14)22-12/h3-6,16H,1-2H3,(H,18,19,20). The van der Waals surface area contributed by atoms with Crippen LogP contribution in [0.15, 0.2) is 38.4 Å². The van der Waals surface area contributed by atoms with E-state index in [1.165, 1.54) is 32.2 Å². The number of phenolic OH excluding ortho intramolecular Hbond substituents is 1. The minimum atomic E-state index is -4.44. The predicted octanol–water partition coefficient (Wildman–Crippen LogP) is 2.22. The number of rotatable bonds is 2. The summed E-state index contributed by atoms with van der Waals surface area (Å²) in [4.78, 5) is 12.2. The van der Waals surface area contributed by atoms with E-state index in [9.17, 15) is 22.9 Å². The smallest absolute Gasteiger partial charge is 0.294 e. The molecule has 0 saturated carbocycles. The van der Waals surface area contributed by atoms with Gasteiger partial charge in [-0.3, -0.25) is 9.35 Å². The average Bonchev–Trinajstić information content (AvgIpc) is 2.44. The molecule has 120 valence electrons. The number of benzene rings is 2. The summed E-state index contributed by atoms with van der Waals surface area (Å²) in [5.41, 5.74) is -0.157. The molecule has 0 spiro atoms. The summed E-state index contributed by atoms with van der Waals surface area (Å²) in [7, 11) is -3.05. The fourth-order valence-corrected chi connectivity index (χ4v) is 3.07. The van der Waals surface area contributed by atoms with Crippen molar-refractivity contribution in [3.05, 3.63) is 40.1 Å². The van der Waals surface area contributed by atoms with Crippen molar-refractivity contribution in [1.29, 1.82) is 0 Å². The van der Waals surface area contributed by atoms with E-state index >= 15 is 0 Å². The third kappa shape index (κ3) is 2.41. The van der Waals surface area contributed by atoms with Crippen LogP contribution in [-0.2, 0) is 10.1 Å². The first kappa shape index (κ1) is 15.3. The van der Waals surface area contributed by atoms with E-state index in [0.717, 1.165) is 6.07 Å². The maximum atomic E-state index is 12.6. The van der Waals surface area contributed by atoms with Crippen molar-refractivity contribution in [2.24, 2.45) is 0 Å². The molecular formula is C15H12O7S. The summed E-state index contributed by atoms with van der Waals surface area (Å²) in [6.45, 7) is 1.51. The van der Waals surface area contributed by atoms with Gasteiger partial charge in [-0.1, -0.05) is 0 Å². The summed E-state index contributed by atoms with van der Waals surface area (Å²) < 4.78 is 42.3. The number of phenols is 1. The van der Waals surface area contributed by atoms with Gasteiger partial charge in [-0.15, -0.1) is 0 Å². The van der Waals surface area contributed by atoms with E-state index in [1.54, 1.807) is 0 Å². The van der Waals surface area contributed by atoms with Crippen molar-refractivity contribution in [3.63, 3.8) is 0 Å². The Morgan fingerprint density at radius 3 is 2.35 bits per heavy atom. The summed E-state index contributed by atoms with van der Waals surface area (Å²) in [5, 5.41) is 10.1. The van der Waals surface area contributed by atoms with Gasteiger partial charge in [-0.05, 0) is 18.6 Å². The first-order chi connectivity index (χ1) is 10.7. The van der Waals surface area contributed by atoms with Gasteiger partial charge in [-0.2, -0.15) is 8.42 Å². The van der Waals surface area contributed by atoms with Crippen LogP contribution in [0, 0.1) is 6.92 Å². The van der Waals surface area contributed by atoms with Crippen molar-refractivity contribution < 1.29 is 27.2 Å². The Hall–Kier alpha value is -2.58. The molecule has 8 heteroatoms. The van der Waals surface area contributed by atoms with Gasteiger partial charge in [-0.25, -0.2) is 0 Å². The van der Waals surface area contributed by atoms with E-state index < -0.39 is 15.5 Å². The lowest BCUT2D eigenvalue weighted by Crippen LogP contribution is -2.06. The Kier molecular flexibility index (Phi) is 3.31. The Balaban J connectivity index is 2.54. The largest absolute Gasteiger partial charge is 0.507 e. The van der Waals surface area contributed by atoms with Gasteiger partial charge in [0.2, 0.25) is 5.43 Å². The third-order valence-electron chi connectivity index (χ3n) is 3.54. The molecule has 0 saturated heterocycles. The lowest BCUT2D eigenvalue weighted by atomic mass is 10.1. The minimum Gasteiger partial charge on any atom is -0.507 e. The highest BCUT2D eigenvalue weighted by Gasteiger charge is 2.18. The second-order valence-corrected chi connectivity index (χ2v) is 6.46. The maximum Gasteiger partial charge on any atom is 0.294 e. The van der Waals surface area contributed by atoms with Gasteiger partial charge in [0.1, 0.15) is 28.1 Å². The van der Waals surface area contributed by atoms with Crippen molar-refractivity contribution in [3.8, 4) is 11.5 Å². The van der Waals surface area contributed by atoms with Crippen LogP contribution in [0.2, 0.25) is 0 Å². The normalized spacial score (nSPS) is 12.0. The van der Waals surface area contributed by atoms with E-state index in [-0.39, 0.29) is 38.3 Å². The number of hydrogen-bond acceptors (Lipinski definition) is 6. The van der Waals surface area contributed by atoms with E-state index in [2.05, 4.69) is 0 Å². The zero-order valence-electron chi connectivity index (χ0n) is 12.2. The molecule has 1 aromatic heterocycles. The lowest BCUT2D eigenvalue weighted by Gasteiger charge is -2.08. The molecule has 0 aliphatic heterocycles. The molecular weight excluding hydrogens is 324 g/mol. The third-order valence-corrected chi connectivity index (χ3v) is 4.37. The van der Waals surface area contributed by atoms with Crippen LogP contribution in [-0.4, -0.2) is 25.2 Å². The highest BCUT2D eigenvalue weighted by molar-refractivity contribution is 7.85. The van der Waals surface area contributed by atoms with Crippen LogP contribution >= 0.6 is 0 Å². The fraction of sp³-hybridized carbons (Fsp3) is 0.133. The predicted molar refractivity (Wildman–Crippen MR) is 82.8 cm³/mol. The Morgan fingerprint density at radius 1 is 1.09 bits per heavy atom. The van der Waals surface area contributed by atoms with Gasteiger partial charge in [0.25, 0.3) is 10.1 Å². The highest BCUT2D eigenvalue weighted by atomic mass is 32.2. The number of ether oxygens (including phenoxy) is 1. The first-order valence-electron chi connectivity index (χ1n) is 6.48. The monoisotopic (exact) mass is 336 g/mol. The molecule has 7 nitrogen and oxygen atoms in total. The Morgan fingerprint density at radius 2 is 1.74 bits per heavy atom. The number of fused-ring (bicyclic) bond motifs is 2. The van der Waals surface area contributed by atoms with Gasteiger partial charge in [0.05, 0.1) is 17.4 Å². The summed E-state index contributed by atoms with van der Waals surface area (Å²) >= 11 is 0. The molecule has 1 heterocycles. The Bertz CT molecular complexity index is 1110. The molecule has 0 bridgehead atoms. The van der Waals surface area contributed by atoms with Crippen molar-refractivity contribution in [2.45, 2.75) is 11.8 Å². The topological polar surface area (TPSA) is 114 Å². The number of aryl methyl sites for hydroxylation is 1. The van der Waals surface area contributed by atoms with Gasteiger partial charge in [0, 0.05) is 18.2 Å². The average molecular weight is 336 g/mol. The second kappa shape index (κ2) is 4.97. The van der Waals surface area contributed by atoms with Gasteiger partial charge in [0.15, 0.2) is 0 Å². The maximum absolute atomic E-state index is 12.6. The molecule has 0 aliphatic rings. The summed E-state index contributed by atoms with van der Waals surface area (Å²) in [5.74, 6) is -0.0200. The molecule has 0 unspecified atom stereocenters. The molecule has 0 aliphatic carbocycles. The highest BCUT2D eigenvalue weighted by Crippen LogP contribution is 2.32. The molecule has 2 aromatic carbocycles. The van der Waals surface area contributed by atoms with Crippen molar-refractivity contribution >= 4 is 32.1 Å². The minimum absolute atomic E-state index is 0.0113. The fourth-order valence-electron chi connectivity index (χ4n) is 2.49.